The van der Waals surface area contributed by atoms with E-state index in [-0.39, 0.29) is 0 Å². The standard InChI is InChI=1S/C21H20N6OS/c1-26(2)15-6-8-16(9-7-15)27(3)21(29)24-18-13-14(10-12-22-18)20-25-19-17(28-20)5-4-11-23-19/h4-13H,1-3H3,(H,22,24,29). The Morgan fingerprint density at radius 3 is 2.45 bits per heavy atom. The van der Waals surface area contributed by atoms with E-state index in [1.807, 2.05) is 62.4 Å². The number of hydrogen-bond acceptors (Lipinski definition) is 6. The molecule has 1 N–H and O–H groups in total. The number of nitrogens with one attached hydrogen (secondary N) is 1. The Kier molecular flexibility index (Phi) is 5.09. The highest BCUT2D eigenvalue weighted by atomic mass is 32.1. The average Bonchev–Trinajstić information content (AvgIpc) is 3.18. The summed E-state index contributed by atoms with van der Waals surface area (Å²) >= 11 is 5.55. The lowest BCUT2D eigenvalue weighted by Crippen LogP contribution is -2.31. The first-order chi connectivity index (χ1) is 14.0. The minimum atomic E-state index is 0.489. The highest BCUT2D eigenvalue weighted by Crippen LogP contribution is 2.25. The van der Waals surface area contributed by atoms with Crippen molar-refractivity contribution in [1.29, 1.82) is 0 Å². The second-order valence-electron chi connectivity index (χ2n) is 6.67. The van der Waals surface area contributed by atoms with Crippen molar-refractivity contribution >= 4 is 45.8 Å². The molecule has 0 aliphatic carbocycles. The van der Waals surface area contributed by atoms with Gasteiger partial charge in [-0.3, -0.25) is 0 Å². The minimum Gasteiger partial charge on any atom is -0.434 e. The molecule has 1 aromatic carbocycles. The molecule has 3 aromatic heterocycles. The average molecular weight is 404 g/mol. The van der Waals surface area contributed by atoms with Crippen LogP contribution in [0.15, 0.2) is 65.3 Å². The van der Waals surface area contributed by atoms with Crippen LogP contribution in [0.1, 0.15) is 0 Å². The number of anilines is 3. The molecule has 146 valence electrons. The smallest absolute Gasteiger partial charge is 0.229 e. The first kappa shape index (κ1) is 18.8. The van der Waals surface area contributed by atoms with Crippen LogP contribution in [0.5, 0.6) is 0 Å². The normalized spacial score (nSPS) is 10.7. The predicted molar refractivity (Wildman–Crippen MR) is 120 cm³/mol. The van der Waals surface area contributed by atoms with Gasteiger partial charge in [-0.2, -0.15) is 4.98 Å². The van der Waals surface area contributed by atoms with E-state index < -0.39 is 0 Å². The van der Waals surface area contributed by atoms with Gasteiger partial charge in [-0.1, -0.05) is 0 Å². The molecule has 0 atom stereocenters. The van der Waals surface area contributed by atoms with E-state index in [2.05, 4.69) is 37.3 Å². The summed E-state index contributed by atoms with van der Waals surface area (Å²) in [6, 6.07) is 15.5. The number of benzene rings is 1. The molecule has 7 nitrogen and oxygen atoms in total. The molecule has 0 unspecified atom stereocenters. The summed E-state index contributed by atoms with van der Waals surface area (Å²) in [6.07, 6.45) is 3.38. The van der Waals surface area contributed by atoms with Crippen molar-refractivity contribution in [2.45, 2.75) is 0 Å². The highest BCUT2D eigenvalue weighted by molar-refractivity contribution is 7.80. The van der Waals surface area contributed by atoms with Crippen molar-refractivity contribution in [2.75, 3.05) is 36.3 Å². The first-order valence-corrected chi connectivity index (χ1v) is 9.42. The molecule has 0 radical (unpaired) electrons. The van der Waals surface area contributed by atoms with Gasteiger partial charge in [-0.15, -0.1) is 0 Å². The third-order valence-corrected chi connectivity index (χ3v) is 4.84. The molecular formula is C21H20N6OS. The van der Waals surface area contributed by atoms with Crippen LogP contribution in [-0.4, -0.2) is 41.2 Å². The molecule has 0 fully saturated rings. The van der Waals surface area contributed by atoms with Crippen molar-refractivity contribution in [1.82, 2.24) is 15.0 Å². The number of aromatic nitrogens is 3. The third-order valence-electron chi connectivity index (χ3n) is 4.46. The van der Waals surface area contributed by atoms with E-state index in [4.69, 9.17) is 16.6 Å². The first-order valence-electron chi connectivity index (χ1n) is 9.01. The Morgan fingerprint density at radius 1 is 0.966 bits per heavy atom. The van der Waals surface area contributed by atoms with Crippen molar-refractivity contribution in [3.05, 3.63) is 60.9 Å². The molecule has 4 rings (SSSR count). The zero-order chi connectivity index (χ0) is 20.4. The summed E-state index contributed by atoms with van der Waals surface area (Å²) in [4.78, 5) is 16.9. The Balaban J connectivity index is 1.51. The zero-order valence-corrected chi connectivity index (χ0v) is 17.1. The summed E-state index contributed by atoms with van der Waals surface area (Å²) in [5, 5.41) is 3.71. The van der Waals surface area contributed by atoms with Gasteiger partial charge in [0.2, 0.25) is 5.89 Å². The molecule has 4 aromatic rings. The number of rotatable bonds is 4. The van der Waals surface area contributed by atoms with Gasteiger partial charge in [0.25, 0.3) is 0 Å². The van der Waals surface area contributed by atoms with E-state index in [1.165, 1.54) is 0 Å². The molecule has 0 aliphatic heterocycles. The fraction of sp³-hybridized carbons (Fsp3) is 0.143. The topological polar surface area (TPSA) is 70.3 Å². The predicted octanol–water partition coefficient (Wildman–Crippen LogP) is 4.18. The monoisotopic (exact) mass is 404 g/mol. The van der Waals surface area contributed by atoms with Gasteiger partial charge in [-0.05, 0) is 60.7 Å². The summed E-state index contributed by atoms with van der Waals surface area (Å²) in [5.41, 5.74) is 4.12. The van der Waals surface area contributed by atoms with Crippen LogP contribution in [0.25, 0.3) is 22.7 Å². The van der Waals surface area contributed by atoms with E-state index in [9.17, 15) is 0 Å². The van der Waals surface area contributed by atoms with Crippen molar-refractivity contribution in [3.8, 4) is 11.5 Å². The van der Waals surface area contributed by atoms with Gasteiger partial charge < -0.3 is 19.5 Å². The number of nitrogens with zero attached hydrogens (tertiary/aromatic N) is 5. The number of fused-ring (bicyclic) bond motifs is 1. The second kappa shape index (κ2) is 7.84. The molecule has 8 heteroatoms. The van der Waals surface area contributed by atoms with Crippen LogP contribution in [0.2, 0.25) is 0 Å². The summed E-state index contributed by atoms with van der Waals surface area (Å²) in [7, 11) is 5.93. The van der Waals surface area contributed by atoms with Crippen molar-refractivity contribution in [3.63, 3.8) is 0 Å². The molecule has 0 aliphatic rings. The van der Waals surface area contributed by atoms with Crippen molar-refractivity contribution < 1.29 is 4.42 Å². The molecule has 29 heavy (non-hydrogen) atoms. The summed E-state index contributed by atoms with van der Waals surface area (Å²) in [5.74, 6) is 1.10. The van der Waals surface area contributed by atoms with Crippen LogP contribution >= 0.6 is 12.2 Å². The van der Waals surface area contributed by atoms with Crippen LogP contribution in [0.3, 0.4) is 0 Å². The lowest BCUT2D eigenvalue weighted by molar-refractivity contribution is 0.619. The third kappa shape index (κ3) is 4.02. The van der Waals surface area contributed by atoms with E-state index >= 15 is 0 Å². The molecule has 0 spiro atoms. The molecule has 0 bridgehead atoms. The van der Waals surface area contributed by atoms with Crippen LogP contribution in [-0.2, 0) is 0 Å². The highest BCUT2D eigenvalue weighted by Gasteiger charge is 2.12. The fourth-order valence-electron chi connectivity index (χ4n) is 2.81. The maximum atomic E-state index is 5.78. The quantitative estimate of drug-likeness (QED) is 0.508. The molecule has 0 saturated heterocycles. The SMILES string of the molecule is CN(C)c1ccc(N(C)C(=S)Nc2cc(-c3nc4ncccc4o3)ccn2)cc1. The summed E-state index contributed by atoms with van der Waals surface area (Å²) < 4.78 is 5.78. The Bertz CT molecular complexity index is 1120. The Labute approximate surface area is 174 Å². The minimum absolute atomic E-state index is 0.489. The van der Waals surface area contributed by atoms with E-state index in [0.29, 0.717) is 28.1 Å². The molecule has 3 heterocycles. The maximum Gasteiger partial charge on any atom is 0.229 e. The van der Waals surface area contributed by atoms with Gasteiger partial charge in [-0.25, -0.2) is 9.97 Å². The second-order valence-corrected chi connectivity index (χ2v) is 7.06. The van der Waals surface area contributed by atoms with Crippen LogP contribution < -0.4 is 15.1 Å². The number of oxazole rings is 1. The van der Waals surface area contributed by atoms with Gasteiger partial charge in [0, 0.05) is 50.5 Å². The van der Waals surface area contributed by atoms with Crippen LogP contribution in [0, 0.1) is 0 Å². The molecule has 0 saturated carbocycles. The lowest BCUT2D eigenvalue weighted by Gasteiger charge is -2.22. The number of pyridine rings is 2. The number of thiocarbonyl (C=S) groups is 1. The number of hydrogen-bond donors (Lipinski definition) is 1. The zero-order valence-electron chi connectivity index (χ0n) is 16.3. The van der Waals surface area contributed by atoms with Crippen molar-refractivity contribution in [2.24, 2.45) is 0 Å². The Hall–Kier alpha value is -3.52. The lowest BCUT2D eigenvalue weighted by atomic mass is 10.2. The molecule has 0 amide bonds. The van der Waals surface area contributed by atoms with Gasteiger partial charge in [0.1, 0.15) is 5.82 Å². The molecular weight excluding hydrogens is 384 g/mol. The van der Waals surface area contributed by atoms with E-state index in [0.717, 1.165) is 16.9 Å². The largest absolute Gasteiger partial charge is 0.434 e. The van der Waals surface area contributed by atoms with Gasteiger partial charge >= 0.3 is 0 Å². The maximum absolute atomic E-state index is 5.78. The van der Waals surface area contributed by atoms with Gasteiger partial charge in [0.05, 0.1) is 0 Å². The fourth-order valence-corrected chi connectivity index (χ4v) is 3.02. The Morgan fingerprint density at radius 2 is 1.72 bits per heavy atom. The van der Waals surface area contributed by atoms with Gasteiger partial charge in [0.15, 0.2) is 16.3 Å². The van der Waals surface area contributed by atoms with Crippen LogP contribution in [0.4, 0.5) is 17.2 Å². The van der Waals surface area contributed by atoms with E-state index in [1.54, 1.807) is 12.4 Å². The summed E-state index contributed by atoms with van der Waals surface area (Å²) in [6.45, 7) is 0.